The van der Waals surface area contributed by atoms with Crippen LogP contribution >= 0.6 is 0 Å². The van der Waals surface area contributed by atoms with Gasteiger partial charge in [0.05, 0.1) is 11.9 Å². The molecule has 0 radical (unpaired) electrons. The Bertz CT molecular complexity index is 288. The monoisotopic (exact) mass is 180 g/mol. The van der Waals surface area contributed by atoms with E-state index in [-0.39, 0.29) is 0 Å². The molecule has 1 fully saturated rings. The van der Waals surface area contributed by atoms with E-state index in [1.54, 1.807) is 4.68 Å². The molecule has 4 nitrogen and oxygen atoms in total. The minimum absolute atomic E-state index is 0.385. The number of nitrogens with two attached hydrogens (primary N) is 1. The molecular weight excluding hydrogens is 164 g/mol. The standard InChI is InChI=1S/C9H16N4/c1-13-5-8(4-12-13)11-7-9(6-10)2-3-9/h4-5,11H,2-3,6-7,10H2,1H3. The van der Waals surface area contributed by atoms with E-state index < -0.39 is 0 Å². The molecule has 1 aromatic rings. The lowest BCUT2D eigenvalue weighted by molar-refractivity contribution is 0.556. The summed E-state index contributed by atoms with van der Waals surface area (Å²) in [4.78, 5) is 0. The van der Waals surface area contributed by atoms with Crippen LogP contribution in [0.15, 0.2) is 12.4 Å². The SMILES string of the molecule is Cn1cc(NCC2(CN)CC2)cn1. The van der Waals surface area contributed by atoms with Gasteiger partial charge in [0, 0.05) is 19.8 Å². The Labute approximate surface area is 78.1 Å². The average Bonchev–Trinajstić information content (AvgIpc) is 2.81. The molecule has 1 aliphatic carbocycles. The molecule has 0 bridgehead atoms. The summed E-state index contributed by atoms with van der Waals surface area (Å²) in [5.74, 6) is 0. The van der Waals surface area contributed by atoms with E-state index in [2.05, 4.69) is 10.4 Å². The van der Waals surface area contributed by atoms with Crippen LogP contribution in [0.25, 0.3) is 0 Å². The number of rotatable bonds is 4. The highest BCUT2D eigenvalue weighted by Gasteiger charge is 2.40. The van der Waals surface area contributed by atoms with E-state index in [0.717, 1.165) is 18.8 Å². The summed E-state index contributed by atoms with van der Waals surface area (Å²) in [5, 5.41) is 7.44. The van der Waals surface area contributed by atoms with E-state index in [9.17, 15) is 0 Å². The summed E-state index contributed by atoms with van der Waals surface area (Å²) < 4.78 is 1.80. The maximum Gasteiger partial charge on any atom is 0.0726 e. The van der Waals surface area contributed by atoms with Gasteiger partial charge in [-0.1, -0.05) is 0 Å². The molecule has 0 aromatic carbocycles. The molecule has 0 unspecified atom stereocenters. The zero-order valence-corrected chi connectivity index (χ0v) is 7.95. The third kappa shape index (κ3) is 1.83. The molecule has 4 heteroatoms. The Morgan fingerprint density at radius 2 is 2.46 bits per heavy atom. The molecule has 0 spiro atoms. The second-order valence-electron chi connectivity index (χ2n) is 3.96. The Morgan fingerprint density at radius 1 is 1.69 bits per heavy atom. The highest BCUT2D eigenvalue weighted by molar-refractivity contribution is 5.38. The van der Waals surface area contributed by atoms with Gasteiger partial charge in [0.1, 0.15) is 0 Å². The normalized spacial score (nSPS) is 18.6. The smallest absolute Gasteiger partial charge is 0.0726 e. The highest BCUT2D eigenvalue weighted by atomic mass is 15.3. The maximum atomic E-state index is 5.68. The second-order valence-corrected chi connectivity index (χ2v) is 3.96. The number of nitrogens with one attached hydrogen (secondary N) is 1. The van der Waals surface area contributed by atoms with E-state index in [1.807, 2.05) is 19.4 Å². The lowest BCUT2D eigenvalue weighted by atomic mass is 10.1. The molecule has 1 heterocycles. The number of hydrogen-bond acceptors (Lipinski definition) is 3. The van der Waals surface area contributed by atoms with E-state index >= 15 is 0 Å². The lowest BCUT2D eigenvalue weighted by Gasteiger charge is -2.12. The molecule has 0 atom stereocenters. The minimum atomic E-state index is 0.385. The van der Waals surface area contributed by atoms with Crippen molar-refractivity contribution in [1.82, 2.24) is 9.78 Å². The van der Waals surface area contributed by atoms with Gasteiger partial charge in [0.2, 0.25) is 0 Å². The Balaban J connectivity index is 1.86. The van der Waals surface area contributed by atoms with Crippen molar-refractivity contribution in [2.24, 2.45) is 18.2 Å². The van der Waals surface area contributed by atoms with E-state index in [0.29, 0.717) is 5.41 Å². The van der Waals surface area contributed by atoms with Gasteiger partial charge in [-0.15, -0.1) is 0 Å². The van der Waals surface area contributed by atoms with E-state index in [1.165, 1.54) is 12.8 Å². The molecule has 0 saturated heterocycles. The molecular formula is C9H16N4. The Kier molecular flexibility index (Phi) is 2.00. The van der Waals surface area contributed by atoms with Crippen molar-refractivity contribution in [2.75, 3.05) is 18.4 Å². The van der Waals surface area contributed by atoms with Crippen LogP contribution in [0.4, 0.5) is 5.69 Å². The van der Waals surface area contributed by atoms with Gasteiger partial charge in [-0.05, 0) is 24.8 Å². The number of aryl methyl sites for hydroxylation is 1. The number of aromatic nitrogens is 2. The van der Waals surface area contributed by atoms with E-state index in [4.69, 9.17) is 5.73 Å². The van der Waals surface area contributed by atoms with Gasteiger partial charge in [-0.2, -0.15) is 5.10 Å². The molecule has 1 aliphatic rings. The Morgan fingerprint density at radius 3 is 2.92 bits per heavy atom. The Hall–Kier alpha value is -1.03. The molecule has 0 amide bonds. The predicted octanol–water partition coefficient (Wildman–Crippen LogP) is 0.571. The van der Waals surface area contributed by atoms with Crippen LogP contribution in [-0.2, 0) is 7.05 Å². The first-order valence-electron chi connectivity index (χ1n) is 4.67. The quantitative estimate of drug-likeness (QED) is 0.712. The largest absolute Gasteiger partial charge is 0.382 e. The van der Waals surface area contributed by atoms with Crippen molar-refractivity contribution < 1.29 is 0 Å². The summed E-state index contributed by atoms with van der Waals surface area (Å²) in [5.41, 5.74) is 7.15. The second kappa shape index (κ2) is 3.03. The lowest BCUT2D eigenvalue weighted by Crippen LogP contribution is -2.24. The number of nitrogens with zero attached hydrogens (tertiary/aromatic N) is 2. The third-order valence-electron chi connectivity index (χ3n) is 2.76. The van der Waals surface area contributed by atoms with Crippen LogP contribution in [0.2, 0.25) is 0 Å². The first-order valence-corrected chi connectivity index (χ1v) is 4.67. The van der Waals surface area contributed by atoms with Crippen LogP contribution in [0.3, 0.4) is 0 Å². The van der Waals surface area contributed by atoms with Crippen LogP contribution in [0, 0.1) is 5.41 Å². The fourth-order valence-corrected chi connectivity index (χ4v) is 1.43. The van der Waals surface area contributed by atoms with Gasteiger partial charge < -0.3 is 11.1 Å². The molecule has 1 aromatic heterocycles. The van der Waals surface area contributed by atoms with Crippen LogP contribution in [0.1, 0.15) is 12.8 Å². The van der Waals surface area contributed by atoms with Crippen LogP contribution in [-0.4, -0.2) is 22.9 Å². The molecule has 2 rings (SSSR count). The fraction of sp³-hybridized carbons (Fsp3) is 0.667. The predicted molar refractivity (Wildman–Crippen MR) is 52.4 cm³/mol. The first-order chi connectivity index (χ1) is 6.24. The van der Waals surface area contributed by atoms with Crippen molar-refractivity contribution in [1.29, 1.82) is 0 Å². The van der Waals surface area contributed by atoms with Gasteiger partial charge in [0.25, 0.3) is 0 Å². The summed E-state index contributed by atoms with van der Waals surface area (Å²) >= 11 is 0. The molecule has 3 N–H and O–H groups in total. The summed E-state index contributed by atoms with van der Waals surface area (Å²) in [6, 6.07) is 0. The number of anilines is 1. The molecule has 72 valence electrons. The van der Waals surface area contributed by atoms with Crippen molar-refractivity contribution in [3.05, 3.63) is 12.4 Å². The highest BCUT2D eigenvalue weighted by Crippen LogP contribution is 2.44. The van der Waals surface area contributed by atoms with Crippen molar-refractivity contribution in [3.63, 3.8) is 0 Å². The topological polar surface area (TPSA) is 55.9 Å². The van der Waals surface area contributed by atoms with Crippen LogP contribution in [0.5, 0.6) is 0 Å². The number of hydrogen-bond donors (Lipinski definition) is 2. The average molecular weight is 180 g/mol. The first kappa shape index (κ1) is 8.56. The van der Waals surface area contributed by atoms with Crippen molar-refractivity contribution >= 4 is 5.69 Å². The minimum Gasteiger partial charge on any atom is -0.382 e. The zero-order valence-electron chi connectivity index (χ0n) is 7.95. The molecule has 0 aliphatic heterocycles. The van der Waals surface area contributed by atoms with Gasteiger partial charge in [0.15, 0.2) is 0 Å². The van der Waals surface area contributed by atoms with Crippen molar-refractivity contribution in [2.45, 2.75) is 12.8 Å². The summed E-state index contributed by atoms with van der Waals surface area (Å²) in [6.07, 6.45) is 6.34. The van der Waals surface area contributed by atoms with Gasteiger partial charge in [-0.25, -0.2) is 0 Å². The summed E-state index contributed by atoms with van der Waals surface area (Å²) in [7, 11) is 1.92. The molecule has 13 heavy (non-hydrogen) atoms. The van der Waals surface area contributed by atoms with Gasteiger partial charge >= 0.3 is 0 Å². The zero-order chi connectivity index (χ0) is 9.31. The third-order valence-corrected chi connectivity index (χ3v) is 2.76. The van der Waals surface area contributed by atoms with Gasteiger partial charge in [-0.3, -0.25) is 4.68 Å². The summed E-state index contributed by atoms with van der Waals surface area (Å²) in [6.45, 7) is 1.77. The van der Waals surface area contributed by atoms with Crippen molar-refractivity contribution in [3.8, 4) is 0 Å². The molecule has 1 saturated carbocycles. The fourth-order valence-electron chi connectivity index (χ4n) is 1.43. The van der Waals surface area contributed by atoms with Crippen LogP contribution < -0.4 is 11.1 Å². The maximum absolute atomic E-state index is 5.68.